The van der Waals surface area contributed by atoms with Gasteiger partial charge >= 0.3 is 6.09 Å². The Morgan fingerprint density at radius 3 is 2.49 bits per heavy atom. The molecule has 196 valence electrons. The van der Waals surface area contributed by atoms with Gasteiger partial charge in [-0.1, -0.05) is 11.6 Å². The maximum Gasteiger partial charge on any atom is 0.411 e. The number of methoxy groups -OCH3 is 2. The highest BCUT2D eigenvalue weighted by molar-refractivity contribution is 6.29. The second kappa shape index (κ2) is 11.0. The number of ether oxygens (including phenoxy) is 3. The summed E-state index contributed by atoms with van der Waals surface area (Å²) in [5, 5.41) is 5.87. The van der Waals surface area contributed by atoms with E-state index in [2.05, 4.69) is 25.6 Å². The van der Waals surface area contributed by atoms with Gasteiger partial charge in [-0.3, -0.25) is 10.1 Å². The molecule has 3 aromatic rings. The first-order valence-corrected chi connectivity index (χ1v) is 12.1. The summed E-state index contributed by atoms with van der Waals surface area (Å²) in [6.07, 6.45) is 2.64. The Kier molecular flexibility index (Phi) is 7.82. The van der Waals surface area contributed by atoms with E-state index in [-0.39, 0.29) is 29.1 Å². The van der Waals surface area contributed by atoms with Crippen molar-refractivity contribution in [2.75, 3.05) is 31.5 Å². The highest BCUT2D eigenvalue weighted by Gasteiger charge is 2.35. The summed E-state index contributed by atoms with van der Waals surface area (Å²) in [6.45, 7) is 5.39. The number of anilines is 3. The zero-order valence-electron chi connectivity index (χ0n) is 21.3. The minimum absolute atomic E-state index is 0.0129. The number of carbonyl (C=O) groups excluding carboxylic acids is 1. The quantitative estimate of drug-likeness (QED) is 0.410. The summed E-state index contributed by atoms with van der Waals surface area (Å²) in [7, 11) is 3.07. The summed E-state index contributed by atoms with van der Waals surface area (Å²) < 4.78 is 17.4. The third-order valence-corrected chi connectivity index (χ3v) is 6.30. The van der Waals surface area contributed by atoms with Crippen LogP contribution >= 0.6 is 11.6 Å². The smallest absolute Gasteiger partial charge is 0.411 e. The number of halogens is 1. The van der Waals surface area contributed by atoms with Crippen molar-refractivity contribution in [3.8, 4) is 11.8 Å². The third-order valence-electron chi connectivity index (χ3n) is 6.12. The summed E-state index contributed by atoms with van der Waals surface area (Å²) in [6, 6.07) is 4.76. The molecule has 0 aliphatic heterocycles. The molecule has 0 unspecified atom stereocenters. The molecule has 1 amide bonds. The normalized spacial score (nSPS) is 13.6. The molecule has 1 atom stereocenters. The second-order valence-corrected chi connectivity index (χ2v) is 9.20. The molecule has 0 radical (unpaired) electrons. The number of amides is 1. The fraction of sp³-hybridized carbons (Fsp3) is 0.400. The van der Waals surface area contributed by atoms with Gasteiger partial charge in [-0.05, 0) is 51.7 Å². The molecule has 12 heteroatoms. The predicted octanol–water partition coefficient (Wildman–Crippen LogP) is 4.57. The lowest BCUT2D eigenvalue weighted by Crippen LogP contribution is -2.32. The number of hydrogen-bond acceptors (Lipinski definition) is 9. The van der Waals surface area contributed by atoms with Crippen molar-refractivity contribution in [2.45, 2.75) is 39.7 Å². The molecule has 0 spiro atoms. The van der Waals surface area contributed by atoms with Crippen LogP contribution in [0, 0.1) is 26.7 Å². The van der Waals surface area contributed by atoms with Crippen LogP contribution in [-0.2, 0) is 4.74 Å². The van der Waals surface area contributed by atoms with Crippen LogP contribution in [0.25, 0.3) is 0 Å². The van der Waals surface area contributed by atoms with Crippen LogP contribution in [0.15, 0.2) is 29.2 Å². The molecule has 3 heterocycles. The fourth-order valence-electron chi connectivity index (χ4n) is 3.97. The van der Waals surface area contributed by atoms with Gasteiger partial charge in [0.1, 0.15) is 11.8 Å². The number of pyridine rings is 2. The lowest BCUT2D eigenvalue weighted by Gasteiger charge is -2.21. The number of aromatic nitrogens is 4. The third kappa shape index (κ3) is 6.11. The lowest BCUT2D eigenvalue weighted by molar-refractivity contribution is 0.135. The molecule has 4 rings (SSSR count). The minimum atomic E-state index is -0.650. The number of nitrogens with one attached hydrogen (secondary N) is 2. The van der Waals surface area contributed by atoms with Crippen molar-refractivity contribution in [1.82, 2.24) is 19.5 Å². The van der Waals surface area contributed by atoms with E-state index in [1.807, 2.05) is 13.0 Å². The Labute approximate surface area is 219 Å². The van der Waals surface area contributed by atoms with Crippen LogP contribution in [0.1, 0.15) is 35.8 Å². The summed E-state index contributed by atoms with van der Waals surface area (Å²) >= 11 is 6.30. The molecule has 1 aliphatic rings. The maximum atomic E-state index is 13.4. The molecule has 11 nitrogen and oxygen atoms in total. The van der Waals surface area contributed by atoms with Crippen LogP contribution in [0.5, 0.6) is 11.8 Å². The van der Waals surface area contributed by atoms with Gasteiger partial charge in [-0.15, -0.1) is 0 Å². The van der Waals surface area contributed by atoms with Crippen LogP contribution in [0.4, 0.5) is 22.0 Å². The molecular weight excluding hydrogens is 500 g/mol. The Morgan fingerprint density at radius 2 is 1.84 bits per heavy atom. The van der Waals surface area contributed by atoms with E-state index in [4.69, 9.17) is 25.8 Å². The highest BCUT2D eigenvalue weighted by atomic mass is 35.5. The minimum Gasteiger partial charge on any atom is -0.481 e. The predicted molar refractivity (Wildman–Crippen MR) is 139 cm³/mol. The topological polar surface area (TPSA) is 129 Å². The maximum absolute atomic E-state index is 13.4. The van der Waals surface area contributed by atoms with Gasteiger partial charge in [0.25, 0.3) is 5.56 Å². The SMILES string of the molecule is COc1ccc(NC(=O)OC[C@H](C2CC2)n2cc(Cl)nc(Nc3cc(C)c(OC)nc3C)c2=O)c(C)n1. The van der Waals surface area contributed by atoms with Gasteiger partial charge in [0.05, 0.1) is 43.0 Å². The number of carbonyl (C=O) groups is 1. The largest absolute Gasteiger partial charge is 0.481 e. The van der Waals surface area contributed by atoms with Gasteiger partial charge in [0.2, 0.25) is 11.8 Å². The first-order valence-electron chi connectivity index (χ1n) is 11.7. The van der Waals surface area contributed by atoms with Gasteiger partial charge in [0, 0.05) is 17.8 Å². The van der Waals surface area contributed by atoms with Gasteiger partial charge in [-0.25, -0.2) is 19.7 Å². The van der Waals surface area contributed by atoms with E-state index in [0.29, 0.717) is 34.5 Å². The first-order chi connectivity index (χ1) is 17.7. The first kappa shape index (κ1) is 26.2. The van der Waals surface area contributed by atoms with Crippen molar-refractivity contribution >= 4 is 34.9 Å². The van der Waals surface area contributed by atoms with Crippen LogP contribution in [0.2, 0.25) is 5.15 Å². The molecule has 3 aromatic heterocycles. The standard InChI is InChI=1S/C25H29ClN6O5/c1-13-10-18(15(3)28-23(13)36-5)29-22-24(33)32(11-20(26)31-22)19(16-6-7-16)12-37-25(34)30-17-8-9-21(35-4)27-14(17)2/h8-11,16,19H,6-7,12H2,1-5H3,(H,29,31)(H,30,34)/t19-/m1/s1. The van der Waals surface area contributed by atoms with Gasteiger partial charge in [-0.2, -0.15) is 0 Å². The van der Waals surface area contributed by atoms with E-state index < -0.39 is 12.1 Å². The van der Waals surface area contributed by atoms with Crippen molar-refractivity contribution in [3.63, 3.8) is 0 Å². The number of aryl methyl sites for hydroxylation is 3. The molecule has 1 saturated carbocycles. The molecule has 0 aromatic carbocycles. The fourth-order valence-corrected chi connectivity index (χ4v) is 4.16. The highest BCUT2D eigenvalue weighted by Crippen LogP contribution is 2.40. The van der Waals surface area contributed by atoms with E-state index >= 15 is 0 Å². The van der Waals surface area contributed by atoms with Crippen molar-refractivity contribution in [1.29, 1.82) is 0 Å². The van der Waals surface area contributed by atoms with E-state index in [0.717, 1.165) is 18.4 Å². The van der Waals surface area contributed by atoms with Crippen LogP contribution in [-0.4, -0.2) is 46.4 Å². The summed E-state index contributed by atoms with van der Waals surface area (Å²) in [5.41, 5.74) is 2.75. The van der Waals surface area contributed by atoms with E-state index in [1.165, 1.54) is 17.9 Å². The number of rotatable bonds is 9. The second-order valence-electron chi connectivity index (χ2n) is 8.81. The Morgan fingerprint density at radius 1 is 1.11 bits per heavy atom. The molecule has 2 N–H and O–H groups in total. The number of nitrogens with zero attached hydrogens (tertiary/aromatic N) is 4. The average Bonchev–Trinajstić information content (AvgIpc) is 3.70. The molecular formula is C25H29ClN6O5. The van der Waals surface area contributed by atoms with E-state index in [9.17, 15) is 9.59 Å². The molecule has 1 fully saturated rings. The van der Waals surface area contributed by atoms with Crippen molar-refractivity contribution in [2.24, 2.45) is 5.92 Å². The summed E-state index contributed by atoms with van der Waals surface area (Å²) in [4.78, 5) is 38.8. The zero-order chi connectivity index (χ0) is 26.7. The summed E-state index contributed by atoms with van der Waals surface area (Å²) in [5.74, 6) is 1.17. The molecule has 0 saturated heterocycles. The monoisotopic (exact) mass is 528 g/mol. The van der Waals surface area contributed by atoms with E-state index in [1.54, 1.807) is 33.1 Å². The lowest BCUT2D eigenvalue weighted by atomic mass is 10.2. The molecule has 37 heavy (non-hydrogen) atoms. The van der Waals surface area contributed by atoms with Crippen molar-refractivity contribution in [3.05, 3.63) is 56.9 Å². The van der Waals surface area contributed by atoms with Crippen molar-refractivity contribution < 1.29 is 19.0 Å². The molecule has 1 aliphatic carbocycles. The Bertz CT molecular complexity index is 1370. The Hall–Kier alpha value is -3.86. The van der Waals surface area contributed by atoms with Gasteiger partial charge < -0.3 is 24.1 Å². The van der Waals surface area contributed by atoms with Crippen LogP contribution in [0.3, 0.4) is 0 Å². The molecule has 0 bridgehead atoms. The number of hydrogen-bond donors (Lipinski definition) is 2. The zero-order valence-corrected chi connectivity index (χ0v) is 22.0. The van der Waals surface area contributed by atoms with Gasteiger partial charge in [0.15, 0.2) is 5.82 Å². The average molecular weight is 529 g/mol. The van der Waals surface area contributed by atoms with Crippen LogP contribution < -0.4 is 25.7 Å². The Balaban J connectivity index is 1.53.